The molecule has 0 aromatic carbocycles. The zero-order chi connectivity index (χ0) is 14.1. The molecule has 0 aliphatic carbocycles. The lowest BCUT2D eigenvalue weighted by Gasteiger charge is -2.17. The van der Waals surface area contributed by atoms with Crippen molar-refractivity contribution in [2.45, 2.75) is 32.7 Å². The fourth-order valence-electron chi connectivity index (χ4n) is 1.68. The molecule has 100 valence electrons. The number of nitrogens with one attached hydrogen (secondary N) is 1. The molecule has 0 fully saturated rings. The average molecular weight is 250 g/mol. The summed E-state index contributed by atoms with van der Waals surface area (Å²) in [5.41, 5.74) is 0.787. The normalized spacial score (nSPS) is 11.1. The molecule has 1 amide bonds. The Hall–Kier alpha value is -1.84. The van der Waals surface area contributed by atoms with Gasteiger partial charge in [0.25, 0.3) is 5.56 Å². The average Bonchev–Trinajstić information content (AvgIpc) is 2.38. The summed E-state index contributed by atoms with van der Waals surface area (Å²) in [6.45, 7) is 9.86. The Morgan fingerprint density at radius 2 is 2.11 bits per heavy atom. The summed E-state index contributed by atoms with van der Waals surface area (Å²) < 4.78 is 1.50. The number of amides is 1. The Balaban J connectivity index is 0.00000137. The number of likely N-dealkylation sites (N-methyl/N-ethyl adjacent to an activating group) is 1. The van der Waals surface area contributed by atoms with Gasteiger partial charge in [0.2, 0.25) is 5.91 Å². The molecule has 0 spiro atoms. The first-order valence-corrected chi connectivity index (χ1v) is 6.00. The highest BCUT2D eigenvalue weighted by molar-refractivity contribution is 5.79. The number of hydrogen-bond donors (Lipinski definition) is 1. The summed E-state index contributed by atoms with van der Waals surface area (Å²) in [5.74, 6) is -0.118. The first-order valence-electron chi connectivity index (χ1n) is 6.00. The number of carbonyl (C=O) groups excluding carboxylic acids is 1. The fourth-order valence-corrected chi connectivity index (χ4v) is 1.68. The highest BCUT2D eigenvalue weighted by atomic mass is 16.2. The van der Waals surface area contributed by atoms with Gasteiger partial charge in [0.1, 0.15) is 6.04 Å². The Bertz CT molecular complexity index is 438. The van der Waals surface area contributed by atoms with Crippen LogP contribution < -0.4 is 10.9 Å². The van der Waals surface area contributed by atoms with E-state index in [9.17, 15) is 9.59 Å². The standard InChI is InChI=1S/C12H18N2O2.C2H4/c1-4-5-10(12(16)13-3)14-7-6-9(2)8-11(14)15;1-2/h6-8,10H,4-5H2,1-3H3,(H,13,16);1-2H2. The van der Waals surface area contributed by atoms with Gasteiger partial charge in [0.15, 0.2) is 0 Å². The Kier molecular flexibility index (Phi) is 7.43. The predicted octanol–water partition coefficient (Wildman–Crippen LogP) is 2.05. The molecule has 0 saturated carbocycles. The predicted molar refractivity (Wildman–Crippen MR) is 74.7 cm³/mol. The molecule has 0 radical (unpaired) electrons. The van der Waals surface area contributed by atoms with E-state index in [2.05, 4.69) is 18.5 Å². The molecule has 1 rings (SSSR count). The molecule has 1 N–H and O–H groups in total. The van der Waals surface area contributed by atoms with Gasteiger partial charge >= 0.3 is 0 Å². The highest BCUT2D eigenvalue weighted by Crippen LogP contribution is 2.11. The topological polar surface area (TPSA) is 51.1 Å². The number of carbonyl (C=O) groups is 1. The van der Waals surface area contributed by atoms with E-state index in [1.54, 1.807) is 19.3 Å². The molecule has 0 bridgehead atoms. The second-order valence-electron chi connectivity index (χ2n) is 3.87. The van der Waals surface area contributed by atoms with Gasteiger partial charge in [-0.3, -0.25) is 9.59 Å². The van der Waals surface area contributed by atoms with Crippen molar-refractivity contribution in [3.63, 3.8) is 0 Å². The van der Waals surface area contributed by atoms with Crippen molar-refractivity contribution < 1.29 is 4.79 Å². The van der Waals surface area contributed by atoms with Crippen LogP contribution in [0.25, 0.3) is 0 Å². The van der Waals surface area contributed by atoms with Crippen LogP contribution in [-0.4, -0.2) is 17.5 Å². The van der Waals surface area contributed by atoms with E-state index >= 15 is 0 Å². The minimum Gasteiger partial charge on any atom is -0.357 e. The number of pyridine rings is 1. The van der Waals surface area contributed by atoms with E-state index in [4.69, 9.17) is 0 Å². The Morgan fingerprint density at radius 1 is 1.50 bits per heavy atom. The van der Waals surface area contributed by atoms with Crippen molar-refractivity contribution in [1.29, 1.82) is 0 Å². The smallest absolute Gasteiger partial charge is 0.251 e. The summed E-state index contributed by atoms with van der Waals surface area (Å²) in [7, 11) is 1.59. The monoisotopic (exact) mass is 250 g/mol. The van der Waals surface area contributed by atoms with Crippen molar-refractivity contribution >= 4 is 5.91 Å². The van der Waals surface area contributed by atoms with Crippen molar-refractivity contribution in [2.75, 3.05) is 7.05 Å². The second-order valence-corrected chi connectivity index (χ2v) is 3.87. The summed E-state index contributed by atoms with van der Waals surface area (Å²) >= 11 is 0. The van der Waals surface area contributed by atoms with Gasteiger partial charge in [-0.1, -0.05) is 13.3 Å². The third-order valence-corrected chi connectivity index (χ3v) is 2.55. The largest absolute Gasteiger partial charge is 0.357 e. The van der Waals surface area contributed by atoms with Gasteiger partial charge in [0.05, 0.1) is 0 Å². The maximum Gasteiger partial charge on any atom is 0.251 e. The first kappa shape index (κ1) is 16.2. The van der Waals surface area contributed by atoms with Crippen molar-refractivity contribution in [3.8, 4) is 0 Å². The quantitative estimate of drug-likeness (QED) is 0.831. The lowest BCUT2D eigenvalue weighted by molar-refractivity contribution is -0.124. The number of aryl methyl sites for hydroxylation is 1. The zero-order valence-corrected chi connectivity index (χ0v) is 11.4. The molecule has 1 heterocycles. The molecule has 1 unspecified atom stereocenters. The van der Waals surface area contributed by atoms with E-state index < -0.39 is 6.04 Å². The van der Waals surface area contributed by atoms with Crippen LogP contribution in [0.15, 0.2) is 36.3 Å². The zero-order valence-electron chi connectivity index (χ0n) is 11.4. The van der Waals surface area contributed by atoms with Crippen LogP contribution >= 0.6 is 0 Å². The van der Waals surface area contributed by atoms with Crippen LogP contribution in [0.1, 0.15) is 31.4 Å². The second kappa shape index (κ2) is 8.28. The molecule has 1 aromatic heterocycles. The molecule has 0 saturated heterocycles. The number of nitrogens with zero attached hydrogens (tertiary/aromatic N) is 1. The van der Waals surface area contributed by atoms with Gasteiger partial charge in [-0.25, -0.2) is 0 Å². The number of hydrogen-bond acceptors (Lipinski definition) is 2. The lowest BCUT2D eigenvalue weighted by Crippen LogP contribution is -2.35. The summed E-state index contributed by atoms with van der Waals surface area (Å²) in [4.78, 5) is 23.4. The molecular formula is C14H22N2O2. The Labute approximate surface area is 108 Å². The fraction of sp³-hybridized carbons (Fsp3) is 0.429. The van der Waals surface area contributed by atoms with E-state index in [0.29, 0.717) is 6.42 Å². The summed E-state index contributed by atoms with van der Waals surface area (Å²) in [5, 5.41) is 2.59. The molecule has 18 heavy (non-hydrogen) atoms. The first-order chi connectivity index (χ1) is 8.60. The van der Waals surface area contributed by atoms with Crippen LogP contribution in [0.3, 0.4) is 0 Å². The van der Waals surface area contributed by atoms with Gasteiger partial charge in [0, 0.05) is 19.3 Å². The number of rotatable bonds is 4. The maximum absolute atomic E-state index is 11.8. The van der Waals surface area contributed by atoms with Gasteiger partial charge in [-0.2, -0.15) is 0 Å². The molecule has 0 aliphatic rings. The van der Waals surface area contributed by atoms with Gasteiger partial charge in [-0.05, 0) is 25.0 Å². The summed E-state index contributed by atoms with van der Waals surface area (Å²) in [6.07, 6.45) is 3.22. The molecule has 4 nitrogen and oxygen atoms in total. The Morgan fingerprint density at radius 3 is 2.56 bits per heavy atom. The van der Waals surface area contributed by atoms with Crippen molar-refractivity contribution in [2.24, 2.45) is 0 Å². The van der Waals surface area contributed by atoms with E-state index in [1.807, 2.05) is 19.9 Å². The molecule has 1 atom stereocenters. The third kappa shape index (κ3) is 4.20. The maximum atomic E-state index is 11.8. The SMILES string of the molecule is C=C.CCCC(C(=O)NC)n1ccc(C)cc1=O. The van der Waals surface area contributed by atoms with Crippen LogP contribution in [0.4, 0.5) is 0 Å². The van der Waals surface area contributed by atoms with E-state index in [0.717, 1.165) is 12.0 Å². The van der Waals surface area contributed by atoms with E-state index in [-0.39, 0.29) is 11.5 Å². The number of aromatic nitrogens is 1. The molecule has 4 heteroatoms. The van der Waals surface area contributed by atoms with E-state index in [1.165, 1.54) is 4.57 Å². The van der Waals surface area contributed by atoms with Crippen LogP contribution in [-0.2, 0) is 4.79 Å². The van der Waals surface area contributed by atoms with Gasteiger partial charge in [-0.15, -0.1) is 13.2 Å². The third-order valence-electron chi connectivity index (χ3n) is 2.55. The minimum absolute atomic E-state index is 0.118. The van der Waals surface area contributed by atoms with Crippen LogP contribution in [0.5, 0.6) is 0 Å². The van der Waals surface area contributed by atoms with Gasteiger partial charge < -0.3 is 9.88 Å². The van der Waals surface area contributed by atoms with Crippen LogP contribution in [0.2, 0.25) is 0 Å². The van der Waals surface area contributed by atoms with Crippen LogP contribution in [0, 0.1) is 6.92 Å². The van der Waals surface area contributed by atoms with Crippen molar-refractivity contribution in [3.05, 3.63) is 47.4 Å². The summed E-state index contributed by atoms with van der Waals surface area (Å²) in [6, 6.07) is 2.99. The lowest BCUT2D eigenvalue weighted by atomic mass is 10.1. The molecule has 1 aromatic rings. The molecular weight excluding hydrogens is 228 g/mol. The minimum atomic E-state index is -0.400. The van der Waals surface area contributed by atoms with Crippen molar-refractivity contribution in [1.82, 2.24) is 9.88 Å². The highest BCUT2D eigenvalue weighted by Gasteiger charge is 2.18. The molecule has 0 aliphatic heterocycles.